The van der Waals surface area contributed by atoms with Crippen molar-refractivity contribution in [2.45, 2.75) is 47.5 Å². The monoisotopic (exact) mass is 588 g/mol. The van der Waals surface area contributed by atoms with Crippen LogP contribution in [0.4, 0.5) is 5.69 Å². The van der Waals surface area contributed by atoms with E-state index in [4.69, 9.17) is 14.2 Å². The van der Waals surface area contributed by atoms with Crippen molar-refractivity contribution in [3.63, 3.8) is 0 Å². The predicted octanol–water partition coefficient (Wildman–Crippen LogP) is 7.64. The topological polar surface area (TPSA) is 99.4 Å². The number of ether oxygens (including phenoxy) is 3. The molecule has 0 spiro atoms. The molecule has 42 heavy (non-hydrogen) atoms. The van der Waals surface area contributed by atoms with E-state index in [0.717, 1.165) is 41.2 Å². The van der Waals surface area contributed by atoms with Gasteiger partial charge in [-0.25, -0.2) is 14.6 Å². The molecule has 0 radical (unpaired) electrons. The summed E-state index contributed by atoms with van der Waals surface area (Å²) in [6.45, 7) is 10.8. The number of hydrogen-bond donors (Lipinski definition) is 1. The third-order valence-electron chi connectivity index (χ3n) is 6.60. The second kappa shape index (κ2) is 14.1. The smallest absolute Gasteiger partial charge is 0.344 e. The first kappa shape index (κ1) is 30.7. The van der Waals surface area contributed by atoms with Gasteiger partial charge in [0.25, 0.3) is 0 Å². The maximum absolute atomic E-state index is 12.8. The predicted molar refractivity (Wildman–Crippen MR) is 167 cm³/mol. The van der Waals surface area contributed by atoms with Gasteiger partial charge in [0.05, 0.1) is 36.0 Å². The average molecular weight is 589 g/mol. The molecule has 1 aromatic heterocycles. The zero-order chi connectivity index (χ0) is 30.2. The van der Waals surface area contributed by atoms with Gasteiger partial charge < -0.3 is 23.9 Å². The van der Waals surface area contributed by atoms with E-state index in [1.165, 1.54) is 11.8 Å². The van der Waals surface area contributed by atoms with Crippen LogP contribution in [0.3, 0.4) is 0 Å². The Labute approximate surface area is 250 Å². The summed E-state index contributed by atoms with van der Waals surface area (Å²) in [5.41, 5.74) is 4.82. The molecular formula is C33H36N2O6S. The number of benzene rings is 2. The third kappa shape index (κ3) is 6.97. The molecule has 3 aromatic rings. The van der Waals surface area contributed by atoms with E-state index in [0.29, 0.717) is 34.4 Å². The highest BCUT2D eigenvalue weighted by Gasteiger charge is 2.33. The van der Waals surface area contributed by atoms with E-state index >= 15 is 0 Å². The van der Waals surface area contributed by atoms with Gasteiger partial charge in [0.1, 0.15) is 22.1 Å². The molecule has 4 rings (SSSR count). The second-order valence-electron chi connectivity index (χ2n) is 9.60. The Kier molecular flexibility index (Phi) is 10.3. The van der Waals surface area contributed by atoms with Crippen LogP contribution in [0.5, 0.6) is 5.75 Å². The Hall–Kier alpha value is -4.24. The zero-order valence-corrected chi connectivity index (χ0v) is 25.4. The lowest BCUT2D eigenvalue weighted by molar-refractivity contribution is -0.138. The number of esters is 2. The number of rotatable bonds is 11. The number of aryl methyl sites for hydroxylation is 1. The Bertz CT molecular complexity index is 1530. The molecule has 1 aliphatic heterocycles. The fraction of sp³-hybridized carbons (Fsp3) is 0.303. The van der Waals surface area contributed by atoms with Crippen molar-refractivity contribution in [2.75, 3.05) is 19.8 Å². The van der Waals surface area contributed by atoms with Gasteiger partial charge in [0, 0.05) is 17.1 Å². The molecule has 8 nitrogen and oxygen atoms in total. The van der Waals surface area contributed by atoms with E-state index in [9.17, 15) is 14.7 Å². The highest BCUT2D eigenvalue weighted by atomic mass is 32.2. The summed E-state index contributed by atoms with van der Waals surface area (Å²) in [6, 6.07) is 16.5. The van der Waals surface area contributed by atoms with Gasteiger partial charge in [-0.05, 0) is 100 Å². The first-order valence-electron chi connectivity index (χ1n) is 14.1. The molecule has 0 atom stereocenters. The standard InChI is InChI=1S/C33H36N2O6S/c1-6-9-18-41-32(37)23-10-14-26(15-11-23)35-21(4)19-24(22(35)5)20-28-30(36)29(33(38)40-8-3)31(42-28)34-25-12-16-27(17-13-25)39-7-2/h10-17,19-20,36H,6-9,18H2,1-5H3/b28-20-,34-31?. The van der Waals surface area contributed by atoms with Crippen molar-refractivity contribution in [3.8, 4) is 11.4 Å². The summed E-state index contributed by atoms with van der Waals surface area (Å²) >= 11 is 1.21. The zero-order valence-electron chi connectivity index (χ0n) is 24.6. The lowest BCUT2D eigenvalue weighted by atomic mass is 10.1. The molecule has 1 N–H and O–H groups in total. The van der Waals surface area contributed by atoms with Gasteiger partial charge in [-0.15, -0.1) is 0 Å². The van der Waals surface area contributed by atoms with E-state index in [-0.39, 0.29) is 23.9 Å². The van der Waals surface area contributed by atoms with Crippen molar-refractivity contribution >= 4 is 40.5 Å². The van der Waals surface area contributed by atoms with Crippen LogP contribution in [0.1, 0.15) is 60.9 Å². The van der Waals surface area contributed by atoms with Crippen LogP contribution in [0.25, 0.3) is 11.8 Å². The first-order valence-corrected chi connectivity index (χ1v) is 14.9. The summed E-state index contributed by atoms with van der Waals surface area (Å²) in [7, 11) is 0. The second-order valence-corrected chi connectivity index (χ2v) is 10.6. The van der Waals surface area contributed by atoms with Gasteiger partial charge >= 0.3 is 11.9 Å². The van der Waals surface area contributed by atoms with Gasteiger partial charge in [0.2, 0.25) is 0 Å². The summed E-state index contributed by atoms with van der Waals surface area (Å²) in [5, 5.41) is 11.5. The molecule has 220 valence electrons. The third-order valence-corrected chi connectivity index (χ3v) is 7.62. The van der Waals surface area contributed by atoms with Crippen LogP contribution in [-0.2, 0) is 14.3 Å². The lowest BCUT2D eigenvalue weighted by Gasteiger charge is -2.11. The molecule has 0 saturated heterocycles. The Balaban J connectivity index is 1.64. The van der Waals surface area contributed by atoms with Crippen LogP contribution in [-0.4, -0.2) is 46.5 Å². The molecule has 0 bridgehead atoms. The molecule has 0 aliphatic carbocycles. The minimum atomic E-state index is -0.630. The Morgan fingerprint density at radius 1 is 0.952 bits per heavy atom. The number of thioether (sulfide) groups is 1. The number of carbonyl (C=O) groups is 2. The number of hydrogen-bond acceptors (Lipinski definition) is 8. The minimum absolute atomic E-state index is 0.0391. The highest BCUT2D eigenvalue weighted by Crippen LogP contribution is 2.41. The average Bonchev–Trinajstić information content (AvgIpc) is 3.43. The van der Waals surface area contributed by atoms with Crippen molar-refractivity contribution in [1.29, 1.82) is 0 Å². The lowest BCUT2D eigenvalue weighted by Crippen LogP contribution is -2.12. The molecule has 1 aliphatic rings. The normalized spacial score (nSPS) is 15.0. The highest BCUT2D eigenvalue weighted by molar-refractivity contribution is 8.18. The molecule has 2 aromatic carbocycles. The van der Waals surface area contributed by atoms with E-state index < -0.39 is 5.97 Å². The van der Waals surface area contributed by atoms with Crippen LogP contribution >= 0.6 is 11.8 Å². The quantitative estimate of drug-likeness (QED) is 0.181. The molecule has 0 amide bonds. The number of nitrogens with zero attached hydrogens (tertiary/aromatic N) is 2. The first-order chi connectivity index (χ1) is 20.3. The largest absolute Gasteiger partial charge is 0.506 e. The van der Waals surface area contributed by atoms with Crippen molar-refractivity contribution < 1.29 is 28.9 Å². The molecule has 0 saturated carbocycles. The van der Waals surface area contributed by atoms with Crippen LogP contribution in [0.15, 0.2) is 75.8 Å². The van der Waals surface area contributed by atoms with E-state index in [2.05, 4.69) is 9.56 Å². The number of carbonyl (C=O) groups excluding carboxylic acids is 2. The summed E-state index contributed by atoms with van der Waals surface area (Å²) in [4.78, 5) is 30.3. The van der Waals surface area contributed by atoms with Crippen molar-refractivity contribution in [1.82, 2.24) is 4.57 Å². The van der Waals surface area contributed by atoms with Gasteiger partial charge in [-0.1, -0.05) is 25.1 Å². The summed E-state index contributed by atoms with van der Waals surface area (Å²) in [5.74, 6) is -0.405. The molecular weight excluding hydrogens is 552 g/mol. The number of aliphatic hydroxyl groups is 1. The van der Waals surface area contributed by atoms with Crippen LogP contribution in [0.2, 0.25) is 0 Å². The fourth-order valence-electron chi connectivity index (χ4n) is 4.50. The number of aromatic nitrogens is 1. The van der Waals surface area contributed by atoms with Crippen LogP contribution < -0.4 is 4.74 Å². The molecule has 2 heterocycles. The number of unbranched alkanes of at least 4 members (excludes halogenated alkanes) is 1. The Morgan fingerprint density at radius 2 is 1.67 bits per heavy atom. The van der Waals surface area contributed by atoms with Gasteiger partial charge in [0.15, 0.2) is 0 Å². The maximum atomic E-state index is 12.8. The molecule has 9 heteroatoms. The summed E-state index contributed by atoms with van der Waals surface area (Å²) in [6.07, 6.45) is 3.64. The number of aliphatic imine (C=N–C) groups is 1. The van der Waals surface area contributed by atoms with Gasteiger partial charge in [-0.2, -0.15) is 0 Å². The van der Waals surface area contributed by atoms with Crippen LogP contribution in [0, 0.1) is 13.8 Å². The SMILES string of the molecule is CCCCOC(=O)c1ccc(-n2c(C)cc(/C=C3\SC(=Nc4ccc(OCC)cc4)C(C(=O)OCC)=C3O)c2C)cc1. The Morgan fingerprint density at radius 3 is 2.31 bits per heavy atom. The molecule has 0 unspecified atom stereocenters. The van der Waals surface area contributed by atoms with Crippen molar-refractivity contribution in [3.05, 3.63) is 93.3 Å². The number of aliphatic hydroxyl groups excluding tert-OH is 1. The summed E-state index contributed by atoms with van der Waals surface area (Å²) < 4.78 is 18.1. The van der Waals surface area contributed by atoms with Crippen molar-refractivity contribution in [2.24, 2.45) is 4.99 Å². The minimum Gasteiger partial charge on any atom is -0.506 e. The fourth-order valence-corrected chi connectivity index (χ4v) is 5.53. The molecule has 0 fully saturated rings. The van der Waals surface area contributed by atoms with E-state index in [1.807, 2.05) is 64.1 Å². The van der Waals surface area contributed by atoms with Gasteiger partial charge in [-0.3, -0.25) is 0 Å². The van der Waals surface area contributed by atoms with E-state index in [1.54, 1.807) is 31.2 Å². The maximum Gasteiger partial charge on any atom is 0.344 e.